The Hall–Kier alpha value is -1.66. The van der Waals surface area contributed by atoms with Crippen LogP contribution in [-0.2, 0) is 11.8 Å². The third-order valence-corrected chi connectivity index (χ3v) is 2.06. The van der Waals surface area contributed by atoms with Crippen molar-refractivity contribution in [3.05, 3.63) is 18.2 Å². The Labute approximate surface area is 104 Å². The molecule has 1 N–H and O–H groups in total. The molecule has 0 aromatic carbocycles. The standard InChI is InChI=1S/C11H17F2N3O2/c1-11(2,3)18-10(17)15-7(8(12)13)9-14-5-6-16(9)4/h5-8H,1-4H3,(H,15,17). The predicted molar refractivity (Wildman–Crippen MR) is 61.3 cm³/mol. The van der Waals surface area contributed by atoms with Crippen molar-refractivity contribution in [3.8, 4) is 0 Å². The van der Waals surface area contributed by atoms with Crippen LogP contribution in [0, 0.1) is 0 Å². The van der Waals surface area contributed by atoms with Crippen LogP contribution in [0.4, 0.5) is 13.6 Å². The molecule has 0 radical (unpaired) electrons. The Morgan fingerprint density at radius 3 is 2.50 bits per heavy atom. The van der Waals surface area contributed by atoms with E-state index in [4.69, 9.17) is 4.74 Å². The van der Waals surface area contributed by atoms with Crippen LogP contribution in [0.5, 0.6) is 0 Å². The van der Waals surface area contributed by atoms with Gasteiger partial charge in [-0.15, -0.1) is 0 Å². The molecule has 1 atom stereocenters. The molecule has 7 heteroatoms. The summed E-state index contributed by atoms with van der Waals surface area (Å²) in [5.74, 6) is 0.0795. The summed E-state index contributed by atoms with van der Waals surface area (Å²) in [5, 5.41) is 2.12. The Kier molecular flexibility index (Phi) is 4.26. The average Bonchev–Trinajstić information content (AvgIpc) is 2.57. The van der Waals surface area contributed by atoms with Gasteiger partial charge in [0.2, 0.25) is 0 Å². The molecule has 0 aliphatic heterocycles. The molecule has 1 unspecified atom stereocenters. The second kappa shape index (κ2) is 5.32. The van der Waals surface area contributed by atoms with Gasteiger partial charge >= 0.3 is 6.09 Å². The number of imidazole rings is 1. The number of amides is 1. The van der Waals surface area contributed by atoms with E-state index in [1.807, 2.05) is 0 Å². The van der Waals surface area contributed by atoms with Crippen LogP contribution >= 0.6 is 0 Å². The molecule has 0 saturated heterocycles. The number of nitrogens with zero attached hydrogens (tertiary/aromatic N) is 2. The zero-order valence-corrected chi connectivity index (χ0v) is 10.8. The van der Waals surface area contributed by atoms with Gasteiger partial charge in [0.1, 0.15) is 11.4 Å². The van der Waals surface area contributed by atoms with Gasteiger partial charge in [-0.1, -0.05) is 0 Å². The topological polar surface area (TPSA) is 56.2 Å². The summed E-state index contributed by atoms with van der Waals surface area (Å²) in [6.45, 7) is 4.97. The van der Waals surface area contributed by atoms with Crippen molar-refractivity contribution in [2.45, 2.75) is 38.8 Å². The molecule has 0 aliphatic rings. The Morgan fingerprint density at radius 2 is 2.11 bits per heavy atom. The molecule has 0 saturated carbocycles. The number of halogens is 2. The Bertz CT molecular complexity index is 413. The fourth-order valence-corrected chi connectivity index (χ4v) is 1.35. The summed E-state index contributed by atoms with van der Waals surface area (Å²) in [6, 6.07) is -1.49. The first-order chi connectivity index (χ1) is 8.20. The van der Waals surface area contributed by atoms with Gasteiger partial charge in [-0.2, -0.15) is 0 Å². The zero-order valence-electron chi connectivity index (χ0n) is 10.8. The van der Waals surface area contributed by atoms with Crippen molar-refractivity contribution in [2.75, 3.05) is 0 Å². The lowest BCUT2D eigenvalue weighted by Crippen LogP contribution is -2.38. The minimum Gasteiger partial charge on any atom is -0.444 e. The van der Waals surface area contributed by atoms with Crippen LogP contribution in [0.15, 0.2) is 12.4 Å². The van der Waals surface area contributed by atoms with Crippen LogP contribution in [-0.4, -0.2) is 27.7 Å². The molecule has 1 aromatic rings. The fraction of sp³-hybridized carbons (Fsp3) is 0.636. The van der Waals surface area contributed by atoms with Gasteiger partial charge in [-0.05, 0) is 20.8 Å². The van der Waals surface area contributed by atoms with E-state index in [2.05, 4.69) is 10.3 Å². The summed E-state index contributed by atoms with van der Waals surface area (Å²) in [7, 11) is 1.58. The summed E-state index contributed by atoms with van der Waals surface area (Å²) < 4.78 is 32.2. The van der Waals surface area contributed by atoms with Crippen molar-refractivity contribution in [3.63, 3.8) is 0 Å². The summed E-state index contributed by atoms with van der Waals surface area (Å²) in [4.78, 5) is 15.3. The van der Waals surface area contributed by atoms with E-state index in [9.17, 15) is 13.6 Å². The maximum Gasteiger partial charge on any atom is 0.408 e. The molecule has 1 heterocycles. The average molecular weight is 261 g/mol. The van der Waals surface area contributed by atoms with E-state index in [0.29, 0.717) is 0 Å². The smallest absolute Gasteiger partial charge is 0.408 e. The summed E-state index contributed by atoms with van der Waals surface area (Å²) in [5.41, 5.74) is -0.738. The van der Waals surface area contributed by atoms with Gasteiger partial charge in [0.25, 0.3) is 6.43 Å². The molecule has 102 valence electrons. The van der Waals surface area contributed by atoms with Crippen LogP contribution in [0.1, 0.15) is 32.6 Å². The number of aryl methyl sites for hydroxylation is 1. The minimum atomic E-state index is -2.77. The van der Waals surface area contributed by atoms with Crippen molar-refractivity contribution in [1.29, 1.82) is 0 Å². The number of ether oxygens (including phenoxy) is 1. The van der Waals surface area contributed by atoms with Crippen LogP contribution in [0.2, 0.25) is 0 Å². The van der Waals surface area contributed by atoms with Crippen LogP contribution in [0.3, 0.4) is 0 Å². The van der Waals surface area contributed by atoms with Gasteiger partial charge < -0.3 is 14.6 Å². The van der Waals surface area contributed by atoms with Gasteiger partial charge in [-0.3, -0.25) is 0 Å². The van der Waals surface area contributed by atoms with Gasteiger partial charge in [-0.25, -0.2) is 18.6 Å². The SMILES string of the molecule is Cn1ccnc1C(NC(=O)OC(C)(C)C)C(F)F. The molecule has 0 aliphatic carbocycles. The van der Waals surface area contributed by atoms with Crippen molar-refractivity contribution >= 4 is 6.09 Å². The van der Waals surface area contributed by atoms with E-state index in [0.717, 1.165) is 0 Å². The molecule has 1 amide bonds. The monoisotopic (exact) mass is 261 g/mol. The molecule has 0 fully saturated rings. The van der Waals surface area contributed by atoms with Crippen molar-refractivity contribution in [2.24, 2.45) is 7.05 Å². The summed E-state index contributed by atoms with van der Waals surface area (Å²) in [6.07, 6.45) is -0.738. The first-order valence-corrected chi connectivity index (χ1v) is 5.45. The molecule has 0 bridgehead atoms. The third-order valence-electron chi connectivity index (χ3n) is 2.06. The highest BCUT2D eigenvalue weighted by atomic mass is 19.3. The van der Waals surface area contributed by atoms with Crippen molar-refractivity contribution < 1.29 is 18.3 Å². The first kappa shape index (κ1) is 14.4. The number of carbonyl (C=O) groups is 1. The second-order valence-corrected chi connectivity index (χ2v) is 4.85. The van der Waals surface area contributed by atoms with E-state index < -0.39 is 24.2 Å². The van der Waals surface area contributed by atoms with Crippen LogP contribution in [0.25, 0.3) is 0 Å². The number of alkyl halides is 2. The molecular formula is C11H17F2N3O2. The molecule has 1 rings (SSSR count). The lowest BCUT2D eigenvalue weighted by molar-refractivity contribution is 0.0358. The van der Waals surface area contributed by atoms with E-state index in [-0.39, 0.29) is 5.82 Å². The first-order valence-electron chi connectivity index (χ1n) is 5.45. The quantitative estimate of drug-likeness (QED) is 0.908. The highest BCUT2D eigenvalue weighted by Gasteiger charge is 2.29. The molecule has 5 nitrogen and oxygen atoms in total. The second-order valence-electron chi connectivity index (χ2n) is 4.85. The van der Waals surface area contributed by atoms with Gasteiger partial charge in [0, 0.05) is 19.4 Å². The normalized spacial score (nSPS) is 13.5. The van der Waals surface area contributed by atoms with Crippen LogP contribution < -0.4 is 5.32 Å². The van der Waals surface area contributed by atoms with Gasteiger partial charge in [0.05, 0.1) is 0 Å². The van der Waals surface area contributed by atoms with Gasteiger partial charge in [0.15, 0.2) is 6.04 Å². The highest BCUT2D eigenvalue weighted by molar-refractivity contribution is 5.68. The van der Waals surface area contributed by atoms with E-state index >= 15 is 0 Å². The molecule has 18 heavy (non-hydrogen) atoms. The van der Waals surface area contributed by atoms with Crippen molar-refractivity contribution in [1.82, 2.24) is 14.9 Å². The third kappa shape index (κ3) is 3.97. The number of hydrogen-bond acceptors (Lipinski definition) is 3. The number of carbonyl (C=O) groups excluding carboxylic acids is 1. The van der Waals surface area contributed by atoms with E-state index in [1.165, 1.54) is 17.0 Å². The maximum absolute atomic E-state index is 12.9. The number of alkyl carbamates (subject to hydrolysis) is 1. The Morgan fingerprint density at radius 1 is 1.50 bits per heavy atom. The number of rotatable bonds is 3. The molecule has 0 spiro atoms. The highest BCUT2D eigenvalue weighted by Crippen LogP contribution is 2.19. The van der Waals surface area contributed by atoms with E-state index in [1.54, 1.807) is 27.8 Å². The Balaban J connectivity index is 2.77. The zero-order chi connectivity index (χ0) is 13.9. The number of nitrogens with one attached hydrogen (secondary N) is 1. The lowest BCUT2D eigenvalue weighted by atomic mass is 10.2. The fourth-order valence-electron chi connectivity index (χ4n) is 1.35. The predicted octanol–water partition coefficient (Wildman–Crippen LogP) is 2.25. The molecule has 1 aromatic heterocycles. The largest absolute Gasteiger partial charge is 0.444 e. The summed E-state index contributed by atoms with van der Waals surface area (Å²) >= 11 is 0. The lowest BCUT2D eigenvalue weighted by Gasteiger charge is -2.23. The minimum absolute atomic E-state index is 0.0795. The maximum atomic E-state index is 12.9. The molecular weight excluding hydrogens is 244 g/mol. The number of aromatic nitrogens is 2. The number of hydrogen-bond donors (Lipinski definition) is 1.